The Morgan fingerprint density at radius 2 is 1.91 bits per heavy atom. The summed E-state index contributed by atoms with van der Waals surface area (Å²) < 4.78 is 7.62. The minimum Gasteiger partial charge on any atom is -0.443 e. The van der Waals surface area contributed by atoms with Crippen molar-refractivity contribution < 1.29 is 14.3 Å². The van der Waals surface area contributed by atoms with E-state index in [0.717, 1.165) is 35.0 Å². The monoisotopic (exact) mass is 438 g/mol. The number of nitrogens with two attached hydrogens (primary N) is 1. The largest absolute Gasteiger partial charge is 0.443 e. The number of para-hydroxylation sites is 1. The highest BCUT2D eigenvalue weighted by Gasteiger charge is 2.35. The fourth-order valence-electron chi connectivity index (χ4n) is 4.65. The van der Waals surface area contributed by atoms with Crippen LogP contribution in [0, 0.1) is 11.3 Å². The Hall–Kier alpha value is -2.80. The van der Waals surface area contributed by atoms with Gasteiger partial charge in [0.2, 0.25) is 0 Å². The second kappa shape index (κ2) is 8.28. The van der Waals surface area contributed by atoms with E-state index >= 15 is 0 Å². The zero-order valence-corrected chi connectivity index (χ0v) is 19.7. The molecule has 2 N–H and O–H groups in total. The number of ether oxygens (including phenoxy) is 1. The average Bonchev–Trinajstić information content (AvgIpc) is 3.25. The molecule has 0 fully saturated rings. The van der Waals surface area contributed by atoms with Gasteiger partial charge in [0, 0.05) is 54.1 Å². The van der Waals surface area contributed by atoms with E-state index in [2.05, 4.69) is 15.5 Å². The highest BCUT2D eigenvalue weighted by molar-refractivity contribution is 6.11. The van der Waals surface area contributed by atoms with Crippen LogP contribution in [0.3, 0.4) is 0 Å². The van der Waals surface area contributed by atoms with Gasteiger partial charge in [0.1, 0.15) is 12.2 Å². The van der Waals surface area contributed by atoms with Gasteiger partial charge in [-0.25, -0.2) is 0 Å². The molecule has 7 heteroatoms. The Morgan fingerprint density at radius 3 is 2.62 bits per heavy atom. The zero-order valence-electron chi connectivity index (χ0n) is 19.7. The van der Waals surface area contributed by atoms with Crippen molar-refractivity contribution in [3.8, 4) is 0 Å². The van der Waals surface area contributed by atoms with Gasteiger partial charge >= 0.3 is 5.97 Å². The van der Waals surface area contributed by atoms with Crippen molar-refractivity contribution in [3.63, 3.8) is 0 Å². The number of hydrogen-bond donors (Lipinski definition) is 1. The predicted octanol–water partition coefficient (Wildman–Crippen LogP) is 3.23. The van der Waals surface area contributed by atoms with E-state index in [1.54, 1.807) is 0 Å². The number of aryl methyl sites for hydroxylation is 1. The number of ketones is 1. The van der Waals surface area contributed by atoms with Crippen molar-refractivity contribution in [1.29, 1.82) is 0 Å². The van der Waals surface area contributed by atoms with E-state index in [4.69, 9.17) is 10.5 Å². The van der Waals surface area contributed by atoms with Crippen LogP contribution in [0.4, 0.5) is 0 Å². The third-order valence-electron chi connectivity index (χ3n) is 6.96. The summed E-state index contributed by atoms with van der Waals surface area (Å²) in [6.45, 7) is 8.59. The molecule has 0 amide bonds. The van der Waals surface area contributed by atoms with Gasteiger partial charge in [-0.2, -0.15) is 0 Å². The molecule has 2 aliphatic rings. The number of benzene rings is 1. The number of carbonyl (C=O) groups is 2. The van der Waals surface area contributed by atoms with E-state index < -0.39 is 12.0 Å². The summed E-state index contributed by atoms with van der Waals surface area (Å²) in [7, 11) is 2.05. The Morgan fingerprint density at radius 1 is 1.22 bits per heavy atom. The van der Waals surface area contributed by atoms with Crippen LogP contribution < -0.4 is 5.73 Å². The molecule has 2 heterocycles. The maximum absolute atomic E-state index is 13.4. The molecule has 0 radical (unpaired) electrons. The van der Waals surface area contributed by atoms with Gasteiger partial charge < -0.3 is 24.8 Å². The van der Waals surface area contributed by atoms with Crippen molar-refractivity contribution in [2.45, 2.75) is 52.7 Å². The van der Waals surface area contributed by atoms with Crippen LogP contribution in [-0.2, 0) is 23.0 Å². The summed E-state index contributed by atoms with van der Waals surface area (Å²) in [5.74, 6) is -0.232. The number of rotatable bonds is 5. The lowest BCUT2D eigenvalue weighted by Gasteiger charge is -2.33. The van der Waals surface area contributed by atoms with Gasteiger partial charge in [0.15, 0.2) is 12.5 Å². The molecule has 1 aromatic heterocycles. The minimum atomic E-state index is -0.671. The molecule has 0 bridgehead atoms. The van der Waals surface area contributed by atoms with Gasteiger partial charge in [0.05, 0.1) is 0 Å². The number of hydrogen-bond acceptors (Lipinski definition) is 6. The molecule has 3 atom stereocenters. The smallest absolute Gasteiger partial charge is 0.325 e. The fourth-order valence-corrected chi connectivity index (χ4v) is 4.65. The van der Waals surface area contributed by atoms with E-state index in [9.17, 15) is 9.59 Å². The first kappa shape index (κ1) is 22.4. The Labute approximate surface area is 189 Å². The minimum absolute atomic E-state index is 0.00428. The second-order valence-electron chi connectivity index (χ2n) is 10.1. The SMILES string of the molecule is C[C@H]1N(COC(=O)[C@@H](N)C(C)(C)C)C=CN1C[C@@H]1CCc2c(c3ccccc3n2C)C1=O. The Bertz CT molecular complexity index is 1070. The summed E-state index contributed by atoms with van der Waals surface area (Å²) in [5.41, 5.74) is 8.79. The van der Waals surface area contributed by atoms with E-state index in [1.165, 1.54) is 0 Å². The van der Waals surface area contributed by atoms with Crippen molar-refractivity contribution in [3.05, 3.63) is 47.9 Å². The second-order valence-corrected chi connectivity index (χ2v) is 10.1. The lowest BCUT2D eigenvalue weighted by molar-refractivity contribution is -0.152. The van der Waals surface area contributed by atoms with Crippen LogP contribution in [0.5, 0.6) is 0 Å². The maximum Gasteiger partial charge on any atom is 0.325 e. The van der Waals surface area contributed by atoms with E-state index in [1.807, 2.05) is 70.2 Å². The van der Waals surface area contributed by atoms with Gasteiger partial charge in [-0.3, -0.25) is 9.59 Å². The molecule has 4 rings (SSSR count). The first-order valence-electron chi connectivity index (χ1n) is 11.3. The van der Waals surface area contributed by atoms with E-state index in [0.29, 0.717) is 6.54 Å². The Balaban J connectivity index is 1.40. The summed E-state index contributed by atoms with van der Waals surface area (Å²) >= 11 is 0. The summed E-state index contributed by atoms with van der Waals surface area (Å²) in [6.07, 6.45) is 5.62. The molecule has 7 nitrogen and oxygen atoms in total. The molecular formula is C25H34N4O3. The maximum atomic E-state index is 13.4. The third-order valence-corrected chi connectivity index (χ3v) is 6.96. The average molecular weight is 439 g/mol. The molecular weight excluding hydrogens is 404 g/mol. The van der Waals surface area contributed by atoms with Crippen LogP contribution in [0.2, 0.25) is 0 Å². The molecule has 0 unspecified atom stereocenters. The molecule has 32 heavy (non-hydrogen) atoms. The highest BCUT2D eigenvalue weighted by atomic mass is 16.5. The van der Waals surface area contributed by atoms with Crippen LogP contribution in [-0.4, -0.2) is 51.6 Å². The predicted molar refractivity (Wildman–Crippen MR) is 125 cm³/mol. The summed E-state index contributed by atoms with van der Waals surface area (Å²) in [6, 6.07) is 7.46. The van der Waals surface area contributed by atoms with Crippen molar-refractivity contribution in [1.82, 2.24) is 14.4 Å². The van der Waals surface area contributed by atoms with Crippen molar-refractivity contribution in [2.75, 3.05) is 13.3 Å². The molecule has 1 aliphatic carbocycles. The molecule has 2 aromatic rings. The topological polar surface area (TPSA) is 80.8 Å². The molecule has 172 valence electrons. The highest BCUT2D eigenvalue weighted by Crippen LogP contribution is 2.34. The number of carbonyl (C=O) groups excluding carboxylic acids is 2. The normalized spacial score (nSPS) is 21.9. The number of nitrogens with zero attached hydrogens (tertiary/aromatic N) is 3. The number of aromatic nitrogens is 1. The van der Waals surface area contributed by atoms with Crippen LogP contribution in [0.25, 0.3) is 10.9 Å². The van der Waals surface area contributed by atoms with E-state index in [-0.39, 0.29) is 30.0 Å². The Kier molecular flexibility index (Phi) is 5.79. The van der Waals surface area contributed by atoms with Gasteiger partial charge in [-0.15, -0.1) is 0 Å². The number of fused-ring (bicyclic) bond motifs is 3. The number of esters is 1. The first-order valence-corrected chi connectivity index (χ1v) is 11.3. The molecule has 0 saturated carbocycles. The van der Waals surface area contributed by atoms with Crippen molar-refractivity contribution >= 4 is 22.7 Å². The summed E-state index contributed by atoms with van der Waals surface area (Å²) in [4.78, 5) is 29.8. The number of Topliss-reactive ketones (excluding diaryl/α,β-unsaturated/α-hetero) is 1. The quantitative estimate of drug-likeness (QED) is 0.722. The lowest BCUT2D eigenvalue weighted by Crippen LogP contribution is -2.46. The standard InChI is InChI=1S/C25H34N4O3/c1-16-28(12-13-29(16)15-32-24(31)23(26)25(2,3)4)14-17-10-11-20-21(22(17)30)18-8-6-7-9-19(18)27(20)5/h6-9,12-13,16-17,23H,10-11,14-15,26H2,1-5H3/t16-,17+,23-/m1/s1. The first-order chi connectivity index (χ1) is 15.1. The zero-order chi connectivity index (χ0) is 23.2. The van der Waals surface area contributed by atoms with Gasteiger partial charge in [-0.1, -0.05) is 39.0 Å². The molecule has 1 aliphatic heterocycles. The van der Waals surface area contributed by atoms with Gasteiger partial charge in [-0.05, 0) is 31.2 Å². The van der Waals surface area contributed by atoms with Crippen LogP contribution >= 0.6 is 0 Å². The van der Waals surface area contributed by atoms with Crippen LogP contribution in [0.15, 0.2) is 36.7 Å². The molecule has 1 aromatic carbocycles. The summed E-state index contributed by atoms with van der Waals surface area (Å²) in [5, 5.41) is 1.05. The van der Waals surface area contributed by atoms with Gasteiger partial charge in [0.25, 0.3) is 0 Å². The lowest BCUT2D eigenvalue weighted by atomic mass is 9.84. The molecule has 0 spiro atoms. The fraction of sp³-hybridized carbons (Fsp3) is 0.520. The van der Waals surface area contributed by atoms with Crippen LogP contribution in [0.1, 0.15) is 50.2 Å². The third kappa shape index (κ3) is 3.90. The van der Waals surface area contributed by atoms with Crippen molar-refractivity contribution in [2.24, 2.45) is 24.1 Å². The molecule has 0 saturated heterocycles.